The molecule has 2 rings (SSSR count). The van der Waals surface area contributed by atoms with Crippen molar-refractivity contribution in [3.63, 3.8) is 0 Å². The lowest BCUT2D eigenvalue weighted by atomic mass is 10.3. The van der Waals surface area contributed by atoms with E-state index in [2.05, 4.69) is 5.32 Å². The summed E-state index contributed by atoms with van der Waals surface area (Å²) in [6.45, 7) is 1.59. The van der Waals surface area contributed by atoms with Crippen LogP contribution in [0.25, 0.3) is 0 Å². The molecule has 1 heterocycles. The van der Waals surface area contributed by atoms with Crippen molar-refractivity contribution < 1.29 is 14.3 Å². The first-order valence-electron chi connectivity index (χ1n) is 5.78. The van der Waals surface area contributed by atoms with E-state index in [0.29, 0.717) is 10.6 Å². The summed E-state index contributed by atoms with van der Waals surface area (Å²) < 4.78 is 5.14. The minimum absolute atomic E-state index is 0.271. The molecule has 0 saturated heterocycles. The van der Waals surface area contributed by atoms with E-state index in [1.807, 2.05) is 11.4 Å². The van der Waals surface area contributed by atoms with Crippen molar-refractivity contribution >= 4 is 23.2 Å². The highest BCUT2D eigenvalue weighted by atomic mass is 32.1. The van der Waals surface area contributed by atoms with Crippen molar-refractivity contribution in [1.29, 1.82) is 0 Å². The number of benzene rings is 1. The highest BCUT2D eigenvalue weighted by Gasteiger charge is 2.18. The summed E-state index contributed by atoms with van der Waals surface area (Å²) in [5.41, 5.74) is 0. The van der Waals surface area contributed by atoms with Gasteiger partial charge in [0.2, 0.25) is 0 Å². The number of hydrogen-bond acceptors (Lipinski definition) is 4. The van der Waals surface area contributed by atoms with E-state index in [0.717, 1.165) is 0 Å². The van der Waals surface area contributed by atoms with Gasteiger partial charge in [-0.1, -0.05) is 24.3 Å². The molecule has 1 unspecified atom stereocenters. The van der Waals surface area contributed by atoms with Crippen molar-refractivity contribution in [3.05, 3.63) is 52.7 Å². The summed E-state index contributed by atoms with van der Waals surface area (Å²) in [6.07, 6.45) is 0. The minimum atomic E-state index is -0.699. The van der Waals surface area contributed by atoms with E-state index in [-0.39, 0.29) is 5.91 Å². The second-order valence-corrected chi connectivity index (χ2v) is 4.85. The molecule has 0 bridgehead atoms. The zero-order valence-electron chi connectivity index (χ0n) is 10.3. The van der Waals surface area contributed by atoms with Gasteiger partial charge in [0.25, 0.3) is 5.91 Å². The van der Waals surface area contributed by atoms with E-state index in [4.69, 9.17) is 4.74 Å². The fourth-order valence-electron chi connectivity index (χ4n) is 1.43. The minimum Gasteiger partial charge on any atom is -0.425 e. The van der Waals surface area contributed by atoms with Gasteiger partial charge in [0.15, 0.2) is 0 Å². The quantitative estimate of drug-likeness (QED) is 0.689. The Morgan fingerprint density at radius 2 is 1.89 bits per heavy atom. The number of nitrogens with one attached hydrogen (secondary N) is 1. The SMILES string of the molecule is CC(NC(=O)c1cccs1)C(=O)Oc1ccccc1. The molecule has 4 nitrogen and oxygen atoms in total. The second-order valence-electron chi connectivity index (χ2n) is 3.91. The normalized spacial score (nSPS) is 11.6. The molecule has 1 amide bonds. The molecular weight excluding hydrogens is 262 g/mol. The lowest BCUT2D eigenvalue weighted by molar-refractivity contribution is -0.136. The summed E-state index contributed by atoms with van der Waals surface area (Å²) in [7, 11) is 0. The van der Waals surface area contributed by atoms with Crippen LogP contribution in [-0.4, -0.2) is 17.9 Å². The Morgan fingerprint density at radius 3 is 2.53 bits per heavy atom. The molecule has 0 aliphatic heterocycles. The zero-order chi connectivity index (χ0) is 13.7. The molecule has 1 aromatic heterocycles. The lowest BCUT2D eigenvalue weighted by Gasteiger charge is -2.12. The van der Waals surface area contributed by atoms with Gasteiger partial charge >= 0.3 is 5.97 Å². The Bertz CT molecular complexity index is 551. The lowest BCUT2D eigenvalue weighted by Crippen LogP contribution is -2.40. The molecule has 2 aromatic rings. The monoisotopic (exact) mass is 275 g/mol. The van der Waals surface area contributed by atoms with Crippen molar-refractivity contribution in [1.82, 2.24) is 5.32 Å². The largest absolute Gasteiger partial charge is 0.425 e. The maximum atomic E-state index is 11.8. The third kappa shape index (κ3) is 3.66. The molecule has 0 aliphatic carbocycles. The van der Waals surface area contributed by atoms with Gasteiger partial charge in [-0.15, -0.1) is 11.3 Å². The van der Waals surface area contributed by atoms with Crippen LogP contribution in [-0.2, 0) is 4.79 Å². The first kappa shape index (κ1) is 13.3. The van der Waals surface area contributed by atoms with E-state index >= 15 is 0 Å². The summed E-state index contributed by atoms with van der Waals surface area (Å²) >= 11 is 1.32. The molecule has 98 valence electrons. The zero-order valence-corrected chi connectivity index (χ0v) is 11.1. The maximum Gasteiger partial charge on any atom is 0.333 e. The average Bonchev–Trinajstić information content (AvgIpc) is 2.93. The number of thiophene rings is 1. The predicted octanol–water partition coefficient (Wildman–Crippen LogP) is 2.47. The number of carbonyl (C=O) groups is 2. The van der Waals surface area contributed by atoms with Gasteiger partial charge in [-0.2, -0.15) is 0 Å². The van der Waals surface area contributed by atoms with Gasteiger partial charge in [-0.25, -0.2) is 4.79 Å². The van der Waals surface area contributed by atoms with Crippen LogP contribution in [0.2, 0.25) is 0 Å². The molecule has 0 saturated carbocycles. The smallest absolute Gasteiger partial charge is 0.333 e. The molecule has 0 fully saturated rings. The highest BCUT2D eigenvalue weighted by molar-refractivity contribution is 7.12. The van der Waals surface area contributed by atoms with E-state index in [9.17, 15) is 9.59 Å². The number of carbonyl (C=O) groups excluding carboxylic acids is 2. The maximum absolute atomic E-state index is 11.8. The molecule has 0 aliphatic rings. The summed E-state index contributed by atoms with van der Waals surface area (Å²) in [5.74, 6) is -0.298. The number of amides is 1. The van der Waals surface area contributed by atoms with Crippen LogP contribution < -0.4 is 10.1 Å². The molecule has 0 spiro atoms. The van der Waals surface area contributed by atoms with Gasteiger partial charge in [-0.05, 0) is 30.5 Å². The Kier molecular flexibility index (Phi) is 4.30. The molecular formula is C14H13NO3S. The summed E-state index contributed by atoms with van der Waals surface area (Å²) in [4.78, 5) is 24.1. The second kappa shape index (κ2) is 6.15. The third-order valence-corrected chi connectivity index (χ3v) is 3.28. The van der Waals surface area contributed by atoms with Gasteiger partial charge in [0, 0.05) is 0 Å². The van der Waals surface area contributed by atoms with Gasteiger partial charge in [0.05, 0.1) is 4.88 Å². The Labute approximate surface area is 115 Å². The highest BCUT2D eigenvalue weighted by Crippen LogP contribution is 2.11. The number of hydrogen-bond donors (Lipinski definition) is 1. The van der Waals surface area contributed by atoms with Crippen LogP contribution in [0.4, 0.5) is 0 Å². The number of para-hydroxylation sites is 1. The first-order chi connectivity index (χ1) is 9.16. The van der Waals surface area contributed by atoms with Crippen LogP contribution in [0, 0.1) is 0 Å². The van der Waals surface area contributed by atoms with E-state index in [1.54, 1.807) is 43.3 Å². The number of ether oxygens (including phenoxy) is 1. The van der Waals surface area contributed by atoms with Crippen molar-refractivity contribution in [3.8, 4) is 5.75 Å². The van der Waals surface area contributed by atoms with Gasteiger partial charge in [0.1, 0.15) is 11.8 Å². The van der Waals surface area contributed by atoms with Crippen molar-refractivity contribution in [2.45, 2.75) is 13.0 Å². The van der Waals surface area contributed by atoms with E-state index < -0.39 is 12.0 Å². The predicted molar refractivity (Wildman–Crippen MR) is 73.3 cm³/mol. The fourth-order valence-corrected chi connectivity index (χ4v) is 2.05. The van der Waals surface area contributed by atoms with Crippen LogP contribution in [0.15, 0.2) is 47.8 Å². The molecule has 1 atom stereocenters. The van der Waals surface area contributed by atoms with Crippen molar-refractivity contribution in [2.75, 3.05) is 0 Å². The van der Waals surface area contributed by atoms with Crippen LogP contribution >= 0.6 is 11.3 Å². The first-order valence-corrected chi connectivity index (χ1v) is 6.66. The standard InChI is InChI=1S/C14H13NO3S/c1-10(15-13(16)12-8-5-9-19-12)14(17)18-11-6-3-2-4-7-11/h2-10H,1H3,(H,15,16). The van der Waals surface area contributed by atoms with Gasteiger partial charge in [-0.3, -0.25) is 4.79 Å². The van der Waals surface area contributed by atoms with Gasteiger partial charge < -0.3 is 10.1 Å². The van der Waals surface area contributed by atoms with E-state index in [1.165, 1.54) is 11.3 Å². The topological polar surface area (TPSA) is 55.4 Å². The molecule has 19 heavy (non-hydrogen) atoms. The average molecular weight is 275 g/mol. The molecule has 1 N–H and O–H groups in total. The summed E-state index contributed by atoms with van der Waals surface area (Å²) in [5, 5.41) is 4.41. The third-order valence-electron chi connectivity index (χ3n) is 2.41. The Hall–Kier alpha value is -2.14. The Morgan fingerprint density at radius 1 is 1.16 bits per heavy atom. The van der Waals surface area contributed by atoms with Crippen LogP contribution in [0.1, 0.15) is 16.6 Å². The van der Waals surface area contributed by atoms with Crippen LogP contribution in [0.3, 0.4) is 0 Å². The molecule has 1 aromatic carbocycles. The fraction of sp³-hybridized carbons (Fsp3) is 0.143. The molecule has 5 heteroatoms. The Balaban J connectivity index is 1.91. The molecule has 0 radical (unpaired) electrons. The number of rotatable bonds is 4. The van der Waals surface area contributed by atoms with Crippen LogP contribution in [0.5, 0.6) is 5.75 Å². The summed E-state index contributed by atoms with van der Waals surface area (Å²) in [6, 6.07) is 11.5. The number of esters is 1. The van der Waals surface area contributed by atoms with Crippen molar-refractivity contribution in [2.24, 2.45) is 0 Å².